The zero-order chi connectivity index (χ0) is 24.2. The van der Waals surface area contributed by atoms with E-state index in [0.29, 0.717) is 0 Å². The predicted molar refractivity (Wildman–Crippen MR) is 140 cm³/mol. The van der Waals surface area contributed by atoms with Gasteiger partial charge in [-0.3, -0.25) is 9.69 Å². The molecule has 0 unspecified atom stereocenters. The Labute approximate surface area is 206 Å². The van der Waals surface area contributed by atoms with Crippen LogP contribution in [0.15, 0.2) is 72.8 Å². The average Bonchev–Trinajstić information content (AvgIpc) is 3.21. The first-order chi connectivity index (χ1) is 17.1. The second-order valence-corrected chi connectivity index (χ2v) is 9.36. The van der Waals surface area contributed by atoms with E-state index < -0.39 is 0 Å². The first-order valence-corrected chi connectivity index (χ1v) is 12.3. The lowest BCUT2D eigenvalue weighted by molar-refractivity contribution is -0.121. The number of para-hydroxylation sites is 2. The zero-order valence-corrected chi connectivity index (χ0v) is 20.4. The van der Waals surface area contributed by atoms with Crippen molar-refractivity contribution in [3.63, 3.8) is 0 Å². The Kier molecular flexibility index (Phi) is 6.82. The number of fused-ring (bicyclic) bond motifs is 1. The van der Waals surface area contributed by atoms with Crippen molar-refractivity contribution >= 4 is 22.6 Å². The van der Waals surface area contributed by atoms with Crippen LogP contribution in [-0.4, -0.2) is 40.6 Å². The van der Waals surface area contributed by atoms with Gasteiger partial charge in [-0.1, -0.05) is 36.4 Å². The number of carbonyl (C=O) groups is 1. The highest BCUT2D eigenvalue weighted by Crippen LogP contribution is 2.24. The van der Waals surface area contributed by atoms with Crippen molar-refractivity contribution in [2.75, 3.05) is 25.5 Å². The van der Waals surface area contributed by atoms with Crippen LogP contribution in [0.25, 0.3) is 11.0 Å². The van der Waals surface area contributed by atoms with Crippen LogP contribution in [0, 0.1) is 12.8 Å². The van der Waals surface area contributed by atoms with Gasteiger partial charge in [-0.05, 0) is 80.4 Å². The normalized spacial score (nSPS) is 14.8. The maximum atomic E-state index is 12.8. The molecular formula is C29H32N4O2. The lowest BCUT2D eigenvalue weighted by Crippen LogP contribution is -2.38. The number of amides is 1. The molecule has 180 valence electrons. The summed E-state index contributed by atoms with van der Waals surface area (Å²) in [5, 5.41) is 3.10. The summed E-state index contributed by atoms with van der Waals surface area (Å²) >= 11 is 0. The lowest BCUT2D eigenvalue weighted by atomic mass is 9.95. The first-order valence-electron chi connectivity index (χ1n) is 12.3. The number of hydrogen-bond acceptors (Lipinski definition) is 4. The van der Waals surface area contributed by atoms with E-state index in [4.69, 9.17) is 9.72 Å². The summed E-state index contributed by atoms with van der Waals surface area (Å²) < 4.78 is 7.62. The van der Waals surface area contributed by atoms with Crippen LogP contribution >= 0.6 is 0 Å². The van der Waals surface area contributed by atoms with Gasteiger partial charge >= 0.3 is 0 Å². The maximum absolute atomic E-state index is 12.8. The quantitative estimate of drug-likeness (QED) is 0.402. The molecule has 0 saturated carbocycles. The highest BCUT2D eigenvalue weighted by atomic mass is 16.5. The van der Waals surface area contributed by atoms with Crippen LogP contribution in [0.2, 0.25) is 0 Å². The Balaban J connectivity index is 1.26. The molecule has 1 amide bonds. The van der Waals surface area contributed by atoms with Crippen molar-refractivity contribution in [2.24, 2.45) is 5.92 Å². The molecule has 1 saturated heterocycles. The van der Waals surface area contributed by atoms with Crippen LogP contribution in [-0.2, 0) is 17.9 Å². The molecule has 0 radical (unpaired) electrons. The number of carbonyl (C=O) groups excluding carboxylic acids is 1. The molecular weight excluding hydrogens is 436 g/mol. The number of benzene rings is 3. The van der Waals surface area contributed by atoms with E-state index in [2.05, 4.69) is 45.1 Å². The summed E-state index contributed by atoms with van der Waals surface area (Å²) in [4.78, 5) is 20.2. The number of piperidine rings is 1. The van der Waals surface area contributed by atoms with Gasteiger partial charge in [0.15, 0.2) is 0 Å². The van der Waals surface area contributed by atoms with Crippen molar-refractivity contribution in [1.82, 2.24) is 14.5 Å². The SMILES string of the molecule is COc1ccc(Cn2c(CN3CCC(C(=O)Nc4cccc(C)c4)CC3)nc3ccccc32)cc1. The zero-order valence-electron chi connectivity index (χ0n) is 20.4. The van der Waals surface area contributed by atoms with E-state index in [9.17, 15) is 4.79 Å². The van der Waals surface area contributed by atoms with E-state index >= 15 is 0 Å². The molecule has 35 heavy (non-hydrogen) atoms. The monoisotopic (exact) mass is 468 g/mol. The van der Waals surface area contributed by atoms with Crippen molar-refractivity contribution in [1.29, 1.82) is 0 Å². The third-order valence-electron chi connectivity index (χ3n) is 6.84. The molecule has 6 nitrogen and oxygen atoms in total. The number of likely N-dealkylation sites (tertiary alicyclic amines) is 1. The molecule has 0 atom stereocenters. The highest BCUT2D eigenvalue weighted by molar-refractivity contribution is 5.92. The number of nitrogens with zero attached hydrogens (tertiary/aromatic N) is 3. The summed E-state index contributed by atoms with van der Waals surface area (Å²) in [6.07, 6.45) is 1.71. The fourth-order valence-electron chi connectivity index (χ4n) is 4.86. The number of ether oxygens (including phenoxy) is 1. The second kappa shape index (κ2) is 10.3. The maximum Gasteiger partial charge on any atom is 0.227 e. The molecule has 3 aromatic carbocycles. The summed E-state index contributed by atoms with van der Waals surface area (Å²) in [6, 6.07) is 24.5. The summed E-state index contributed by atoms with van der Waals surface area (Å²) in [6.45, 7) is 5.34. The van der Waals surface area contributed by atoms with Crippen molar-refractivity contribution in [3.05, 3.63) is 89.7 Å². The van der Waals surface area contributed by atoms with Gasteiger partial charge in [0.1, 0.15) is 11.6 Å². The molecule has 1 fully saturated rings. The lowest BCUT2D eigenvalue weighted by Gasteiger charge is -2.31. The number of hydrogen-bond donors (Lipinski definition) is 1. The Morgan fingerprint density at radius 1 is 1.00 bits per heavy atom. The van der Waals surface area contributed by atoms with Crippen molar-refractivity contribution < 1.29 is 9.53 Å². The smallest absolute Gasteiger partial charge is 0.227 e. The average molecular weight is 469 g/mol. The number of anilines is 1. The van der Waals surface area contributed by atoms with E-state index in [1.54, 1.807) is 7.11 Å². The summed E-state index contributed by atoms with van der Waals surface area (Å²) in [7, 11) is 1.69. The van der Waals surface area contributed by atoms with Gasteiger partial charge in [0.25, 0.3) is 0 Å². The van der Waals surface area contributed by atoms with Crippen LogP contribution < -0.4 is 10.1 Å². The first kappa shape index (κ1) is 23.1. The summed E-state index contributed by atoms with van der Waals surface area (Å²) in [5.74, 6) is 2.09. The molecule has 1 N–H and O–H groups in total. The Hall–Kier alpha value is -3.64. The molecule has 0 spiro atoms. The number of aryl methyl sites for hydroxylation is 1. The molecule has 6 heteroatoms. The third kappa shape index (κ3) is 5.38. The minimum absolute atomic E-state index is 0.0462. The van der Waals surface area contributed by atoms with Crippen molar-refractivity contribution in [2.45, 2.75) is 32.9 Å². The number of methoxy groups -OCH3 is 1. The number of imidazole rings is 1. The minimum atomic E-state index is 0.0462. The van der Waals surface area contributed by atoms with Gasteiger partial charge in [-0.2, -0.15) is 0 Å². The van der Waals surface area contributed by atoms with Gasteiger partial charge in [0.05, 0.1) is 24.7 Å². The van der Waals surface area contributed by atoms with Crippen molar-refractivity contribution in [3.8, 4) is 5.75 Å². The highest BCUT2D eigenvalue weighted by Gasteiger charge is 2.26. The Bertz CT molecular complexity index is 1300. The van der Waals surface area contributed by atoms with Gasteiger partial charge in [-0.25, -0.2) is 4.98 Å². The molecule has 0 bridgehead atoms. The topological polar surface area (TPSA) is 59.4 Å². The minimum Gasteiger partial charge on any atom is -0.497 e. The molecule has 0 aliphatic carbocycles. The number of aromatic nitrogens is 2. The van der Waals surface area contributed by atoms with Gasteiger partial charge < -0.3 is 14.6 Å². The van der Waals surface area contributed by atoms with E-state index in [1.165, 1.54) is 5.56 Å². The largest absolute Gasteiger partial charge is 0.497 e. The predicted octanol–water partition coefficient (Wildman–Crippen LogP) is 5.25. The fraction of sp³-hybridized carbons (Fsp3) is 0.310. The number of rotatable bonds is 7. The van der Waals surface area contributed by atoms with Gasteiger partial charge in [0, 0.05) is 18.2 Å². The molecule has 2 heterocycles. The van der Waals surface area contributed by atoms with Gasteiger partial charge in [0.2, 0.25) is 5.91 Å². The van der Waals surface area contributed by atoms with Gasteiger partial charge in [-0.15, -0.1) is 0 Å². The molecule has 1 aromatic heterocycles. The summed E-state index contributed by atoms with van der Waals surface area (Å²) in [5.41, 5.74) is 5.40. The third-order valence-corrected chi connectivity index (χ3v) is 6.84. The van der Waals surface area contributed by atoms with E-state index in [1.807, 2.05) is 49.4 Å². The molecule has 5 rings (SSSR count). The van der Waals surface area contributed by atoms with Crippen LogP contribution in [0.1, 0.15) is 29.8 Å². The molecule has 1 aliphatic heterocycles. The van der Waals surface area contributed by atoms with E-state index in [-0.39, 0.29) is 11.8 Å². The Morgan fingerprint density at radius 2 is 1.77 bits per heavy atom. The Morgan fingerprint density at radius 3 is 2.51 bits per heavy atom. The van der Waals surface area contributed by atoms with Crippen LogP contribution in [0.5, 0.6) is 5.75 Å². The molecule has 4 aromatic rings. The van der Waals surface area contributed by atoms with Crippen LogP contribution in [0.3, 0.4) is 0 Å². The van der Waals surface area contributed by atoms with E-state index in [0.717, 1.165) is 72.9 Å². The second-order valence-electron chi connectivity index (χ2n) is 9.36. The fourth-order valence-corrected chi connectivity index (χ4v) is 4.86. The van der Waals surface area contributed by atoms with Crippen LogP contribution in [0.4, 0.5) is 5.69 Å². The molecule has 1 aliphatic rings. The standard InChI is InChI=1S/C29H32N4O2/c1-21-6-5-7-24(18-21)30-29(34)23-14-16-32(17-15-23)20-28-31-26-8-3-4-9-27(26)33(28)19-22-10-12-25(35-2)13-11-22/h3-13,18,23H,14-17,19-20H2,1-2H3,(H,30,34). The number of nitrogens with one attached hydrogen (secondary N) is 1.